The topological polar surface area (TPSA) is 163 Å². The van der Waals surface area contributed by atoms with Crippen molar-refractivity contribution >= 4 is 22.7 Å². The highest BCUT2D eigenvalue weighted by molar-refractivity contribution is 5.99. The van der Waals surface area contributed by atoms with Crippen LogP contribution in [0.1, 0.15) is 28.5 Å². The number of ether oxygens (including phenoxy) is 1. The van der Waals surface area contributed by atoms with E-state index in [1.807, 2.05) is 5.32 Å². The largest absolute Gasteiger partial charge is 0.506 e. The minimum Gasteiger partial charge on any atom is -0.506 e. The predicted molar refractivity (Wildman–Crippen MR) is 132 cm³/mol. The van der Waals surface area contributed by atoms with Crippen molar-refractivity contribution in [2.75, 3.05) is 13.2 Å². The SMILES string of the molecule is C[C@]1(C(N)=O)COc2c1cc(C(O)(CNC(=O)c1cc(O)c3[nH]ncc3c1)C(F)(F)F)nc2-c1ccc(F)cc1. The molecule has 10 nitrogen and oxygen atoms in total. The van der Waals surface area contributed by atoms with Gasteiger partial charge in [-0.05, 0) is 49.4 Å². The third-order valence-corrected chi connectivity index (χ3v) is 6.92. The fourth-order valence-electron chi connectivity index (χ4n) is 4.42. The molecule has 2 amide bonds. The summed E-state index contributed by atoms with van der Waals surface area (Å²) in [5.41, 5.74) is -0.818. The molecule has 0 spiro atoms. The Morgan fingerprint density at radius 2 is 1.90 bits per heavy atom. The summed E-state index contributed by atoms with van der Waals surface area (Å²) in [6, 6.07) is 7.79. The van der Waals surface area contributed by atoms with Crippen LogP contribution < -0.4 is 15.8 Å². The van der Waals surface area contributed by atoms with Gasteiger partial charge in [-0.15, -0.1) is 0 Å². The van der Waals surface area contributed by atoms with E-state index in [0.29, 0.717) is 5.39 Å². The third-order valence-electron chi connectivity index (χ3n) is 6.92. The van der Waals surface area contributed by atoms with Gasteiger partial charge in [-0.1, -0.05) is 0 Å². The Morgan fingerprint density at radius 3 is 2.55 bits per heavy atom. The van der Waals surface area contributed by atoms with Crippen molar-refractivity contribution in [3.8, 4) is 22.8 Å². The Balaban J connectivity index is 1.60. The predicted octanol–water partition coefficient (Wildman–Crippen LogP) is 2.78. The number of carbonyl (C=O) groups is 2. The smallest absolute Gasteiger partial charge is 0.424 e. The number of nitrogens with one attached hydrogen (secondary N) is 2. The van der Waals surface area contributed by atoms with E-state index in [2.05, 4.69) is 15.2 Å². The molecule has 2 aromatic carbocycles. The van der Waals surface area contributed by atoms with Crippen LogP contribution in [-0.4, -0.2) is 56.5 Å². The maximum atomic E-state index is 14.5. The van der Waals surface area contributed by atoms with Crippen molar-refractivity contribution in [1.82, 2.24) is 20.5 Å². The second kappa shape index (κ2) is 9.19. The maximum absolute atomic E-state index is 14.5. The Bertz CT molecular complexity index is 1660. The van der Waals surface area contributed by atoms with Crippen LogP contribution in [0.5, 0.6) is 11.5 Å². The van der Waals surface area contributed by atoms with Crippen LogP contribution in [-0.2, 0) is 15.8 Å². The molecule has 0 saturated heterocycles. The lowest BCUT2D eigenvalue weighted by molar-refractivity contribution is -0.265. The minimum absolute atomic E-state index is 0.0471. The summed E-state index contributed by atoms with van der Waals surface area (Å²) in [4.78, 5) is 29.1. The molecule has 14 heteroatoms. The first kappa shape index (κ1) is 26.9. The van der Waals surface area contributed by atoms with E-state index in [1.165, 1.54) is 31.3 Å². The number of benzene rings is 2. The number of rotatable bonds is 6. The highest BCUT2D eigenvalue weighted by atomic mass is 19.4. The van der Waals surface area contributed by atoms with Crippen LogP contribution in [0.25, 0.3) is 22.2 Å². The highest BCUT2D eigenvalue weighted by Gasteiger charge is 2.57. The fourth-order valence-corrected chi connectivity index (χ4v) is 4.42. The van der Waals surface area contributed by atoms with Gasteiger partial charge in [-0.25, -0.2) is 9.37 Å². The van der Waals surface area contributed by atoms with Crippen molar-refractivity contribution in [2.24, 2.45) is 5.73 Å². The van der Waals surface area contributed by atoms with E-state index >= 15 is 0 Å². The summed E-state index contributed by atoms with van der Waals surface area (Å²) in [6.07, 6.45) is -4.07. The number of aromatic nitrogens is 3. The summed E-state index contributed by atoms with van der Waals surface area (Å²) >= 11 is 0. The van der Waals surface area contributed by atoms with Gasteiger partial charge >= 0.3 is 6.18 Å². The number of halogens is 4. The molecule has 2 atom stereocenters. The van der Waals surface area contributed by atoms with Crippen LogP contribution >= 0.6 is 0 Å². The quantitative estimate of drug-likeness (QED) is 0.227. The van der Waals surface area contributed by atoms with Crippen LogP contribution in [0.2, 0.25) is 0 Å². The fraction of sp³-hybridized carbons (Fsp3) is 0.231. The number of carbonyl (C=O) groups excluding carboxylic acids is 2. The zero-order valence-corrected chi connectivity index (χ0v) is 20.6. The summed E-state index contributed by atoms with van der Waals surface area (Å²) in [5.74, 6) is -2.96. The van der Waals surface area contributed by atoms with Crippen molar-refractivity contribution < 1.29 is 42.1 Å². The Morgan fingerprint density at radius 1 is 1.20 bits per heavy atom. The van der Waals surface area contributed by atoms with E-state index in [1.54, 1.807) is 0 Å². The minimum atomic E-state index is -5.37. The molecular formula is C26H21F4N5O5. The average Bonchev–Trinajstić information content (AvgIpc) is 3.52. The molecule has 3 heterocycles. The van der Waals surface area contributed by atoms with Gasteiger partial charge in [0.1, 0.15) is 40.5 Å². The number of primary amides is 1. The lowest BCUT2D eigenvalue weighted by Crippen LogP contribution is -2.51. The first-order valence-electron chi connectivity index (χ1n) is 11.7. The van der Waals surface area contributed by atoms with Crippen LogP contribution in [0.4, 0.5) is 17.6 Å². The zero-order chi connectivity index (χ0) is 29.0. The van der Waals surface area contributed by atoms with Crippen LogP contribution in [0.3, 0.4) is 0 Å². The maximum Gasteiger partial charge on any atom is 0.424 e. The number of aromatic amines is 1. The second-order valence-electron chi connectivity index (χ2n) is 9.60. The van der Waals surface area contributed by atoms with Crippen LogP contribution in [0.15, 0.2) is 48.7 Å². The number of nitrogens with two attached hydrogens (primary N) is 1. The second-order valence-corrected chi connectivity index (χ2v) is 9.60. The number of fused-ring (bicyclic) bond motifs is 2. The molecule has 4 aromatic rings. The lowest BCUT2D eigenvalue weighted by atomic mass is 9.81. The van der Waals surface area contributed by atoms with E-state index in [9.17, 15) is 37.4 Å². The monoisotopic (exact) mass is 559 g/mol. The molecule has 1 aliphatic heterocycles. The summed E-state index contributed by atoms with van der Waals surface area (Å²) in [6.45, 7) is -0.327. The van der Waals surface area contributed by atoms with Gasteiger partial charge in [-0.3, -0.25) is 14.7 Å². The molecule has 0 radical (unpaired) electrons. The number of alkyl halides is 3. The van der Waals surface area contributed by atoms with Crippen molar-refractivity contribution in [3.63, 3.8) is 0 Å². The van der Waals surface area contributed by atoms with Crippen LogP contribution in [0, 0.1) is 5.82 Å². The molecule has 0 fully saturated rings. The molecule has 0 bridgehead atoms. The number of amides is 2. The van der Waals surface area contributed by atoms with Gasteiger partial charge in [0.15, 0.2) is 0 Å². The molecular weight excluding hydrogens is 538 g/mol. The van der Waals surface area contributed by atoms with E-state index in [0.717, 1.165) is 24.3 Å². The van der Waals surface area contributed by atoms with Crippen molar-refractivity contribution in [3.05, 3.63) is 71.3 Å². The van der Waals surface area contributed by atoms with Crippen molar-refractivity contribution in [2.45, 2.75) is 24.1 Å². The van der Waals surface area contributed by atoms with E-state index < -0.39 is 47.1 Å². The van der Waals surface area contributed by atoms with Gasteiger partial charge in [0.2, 0.25) is 11.5 Å². The number of aliphatic hydroxyl groups is 1. The third kappa shape index (κ3) is 4.25. The molecule has 0 aliphatic carbocycles. The number of hydrogen-bond acceptors (Lipinski definition) is 7. The lowest BCUT2D eigenvalue weighted by Gasteiger charge is -2.31. The molecule has 0 saturated carbocycles. The Hall–Kier alpha value is -4.72. The standard InChI is InChI=1S/C26H21F4N5O5/c1-24(23(31)38)11-40-21-16(24)8-18(34-20(21)12-2-4-15(27)5-3-12)25(39,26(28,29)30)10-32-22(37)13-6-14-9-33-35-19(14)17(36)7-13/h2-9,36,39H,10-11H2,1H3,(H2,31,38)(H,32,37)(H,33,35)/t24-,25?/m0/s1. The van der Waals surface area contributed by atoms with Gasteiger partial charge in [-0.2, -0.15) is 18.3 Å². The number of H-pyrrole nitrogens is 1. The highest BCUT2D eigenvalue weighted by Crippen LogP contribution is 2.47. The molecule has 1 unspecified atom stereocenters. The zero-order valence-electron chi connectivity index (χ0n) is 20.6. The number of phenolic OH excluding ortho intramolecular Hbond substituents is 1. The number of pyridine rings is 1. The van der Waals surface area contributed by atoms with E-state index in [-0.39, 0.29) is 46.0 Å². The van der Waals surface area contributed by atoms with Crippen molar-refractivity contribution in [1.29, 1.82) is 0 Å². The molecule has 1 aliphatic rings. The molecule has 208 valence electrons. The van der Waals surface area contributed by atoms with Gasteiger partial charge in [0, 0.05) is 22.1 Å². The number of nitrogens with zero attached hydrogens (tertiary/aromatic N) is 2. The van der Waals surface area contributed by atoms with Gasteiger partial charge < -0.3 is 26.0 Å². The number of aromatic hydroxyl groups is 1. The molecule has 6 N–H and O–H groups in total. The number of hydrogen-bond donors (Lipinski definition) is 5. The molecule has 5 rings (SSSR count). The summed E-state index contributed by atoms with van der Waals surface area (Å²) in [5, 5.41) is 29.8. The summed E-state index contributed by atoms with van der Waals surface area (Å²) in [7, 11) is 0. The van der Waals surface area contributed by atoms with Gasteiger partial charge in [0.25, 0.3) is 5.91 Å². The summed E-state index contributed by atoms with van der Waals surface area (Å²) < 4.78 is 62.7. The Labute approximate surface area is 222 Å². The van der Waals surface area contributed by atoms with Gasteiger partial charge in [0.05, 0.1) is 18.4 Å². The first-order valence-corrected chi connectivity index (χ1v) is 11.7. The Kier molecular flexibility index (Phi) is 6.17. The average molecular weight is 559 g/mol. The molecule has 2 aromatic heterocycles. The normalized spacial score (nSPS) is 18.1. The number of phenols is 1. The molecule has 40 heavy (non-hydrogen) atoms. The first-order chi connectivity index (χ1) is 18.7. The van der Waals surface area contributed by atoms with E-state index in [4.69, 9.17) is 10.5 Å².